The second-order valence-electron chi connectivity index (χ2n) is 5.71. The van der Waals surface area contributed by atoms with Crippen molar-refractivity contribution in [2.75, 3.05) is 0 Å². The van der Waals surface area contributed by atoms with E-state index < -0.39 is 11.2 Å². The van der Waals surface area contributed by atoms with Crippen molar-refractivity contribution >= 4 is 28.6 Å². The zero-order chi connectivity index (χ0) is 16.3. The van der Waals surface area contributed by atoms with Gasteiger partial charge in [0.15, 0.2) is 5.16 Å². The van der Waals surface area contributed by atoms with Crippen LogP contribution in [0.1, 0.15) is 27.2 Å². The summed E-state index contributed by atoms with van der Waals surface area (Å²) >= 11 is 1.24. The van der Waals surface area contributed by atoms with Gasteiger partial charge in [-0.15, -0.1) is 0 Å². The summed E-state index contributed by atoms with van der Waals surface area (Å²) in [5.74, 6) is 0.0626. The second kappa shape index (κ2) is 6.96. The Hall–Kier alpha value is -1.82. The first kappa shape index (κ1) is 16.5. The highest BCUT2D eigenvalue weighted by Crippen LogP contribution is 2.22. The summed E-state index contributed by atoms with van der Waals surface area (Å²) < 4.78 is 1.66. The molecule has 6 heteroatoms. The van der Waals surface area contributed by atoms with E-state index in [1.54, 1.807) is 17.6 Å². The number of rotatable bonds is 6. The Morgan fingerprint density at radius 3 is 2.64 bits per heavy atom. The van der Waals surface area contributed by atoms with Crippen molar-refractivity contribution in [3.8, 4) is 0 Å². The fourth-order valence-corrected chi connectivity index (χ4v) is 2.92. The Bertz CT molecular complexity index is 740. The number of aromatic nitrogens is 2. The number of amides is 1. The van der Waals surface area contributed by atoms with Gasteiger partial charge in [-0.25, -0.2) is 4.98 Å². The summed E-state index contributed by atoms with van der Waals surface area (Å²) in [6.07, 6.45) is 0.873. The van der Waals surface area contributed by atoms with Crippen LogP contribution >= 0.6 is 11.8 Å². The fourth-order valence-electron chi connectivity index (χ4n) is 2.04. The number of hydrogen-bond donors (Lipinski definition) is 1. The molecule has 22 heavy (non-hydrogen) atoms. The molecule has 0 aliphatic rings. The summed E-state index contributed by atoms with van der Waals surface area (Å²) in [4.78, 5) is 28.6. The highest BCUT2D eigenvalue weighted by atomic mass is 32.2. The van der Waals surface area contributed by atoms with Gasteiger partial charge in [0.05, 0.1) is 16.2 Å². The minimum atomic E-state index is -0.432. The van der Waals surface area contributed by atoms with E-state index in [4.69, 9.17) is 5.73 Å². The first-order valence-electron chi connectivity index (χ1n) is 7.35. The maximum atomic E-state index is 12.7. The highest BCUT2D eigenvalue weighted by molar-refractivity contribution is 8.00. The molecule has 0 aliphatic heterocycles. The van der Waals surface area contributed by atoms with E-state index in [2.05, 4.69) is 18.8 Å². The maximum Gasteiger partial charge on any atom is 0.262 e. The third-order valence-corrected chi connectivity index (χ3v) is 4.55. The quantitative estimate of drug-likeness (QED) is 0.655. The molecule has 118 valence electrons. The van der Waals surface area contributed by atoms with Gasteiger partial charge in [0, 0.05) is 6.54 Å². The van der Waals surface area contributed by atoms with Gasteiger partial charge in [0.2, 0.25) is 5.91 Å². The third-order valence-electron chi connectivity index (χ3n) is 3.44. The van der Waals surface area contributed by atoms with Crippen LogP contribution in [0.3, 0.4) is 0 Å². The lowest BCUT2D eigenvalue weighted by atomic mass is 10.1. The van der Waals surface area contributed by atoms with E-state index in [9.17, 15) is 9.59 Å². The molecule has 1 aromatic carbocycles. The molecule has 0 spiro atoms. The van der Waals surface area contributed by atoms with E-state index in [0.29, 0.717) is 28.5 Å². The lowest BCUT2D eigenvalue weighted by molar-refractivity contribution is -0.117. The lowest BCUT2D eigenvalue weighted by Crippen LogP contribution is -2.27. The third kappa shape index (κ3) is 3.68. The Labute approximate surface area is 133 Å². The molecule has 2 N–H and O–H groups in total. The molecule has 1 aromatic heterocycles. The molecule has 1 amide bonds. The largest absolute Gasteiger partial charge is 0.369 e. The van der Waals surface area contributed by atoms with Gasteiger partial charge in [-0.3, -0.25) is 14.2 Å². The van der Waals surface area contributed by atoms with Crippen molar-refractivity contribution in [2.24, 2.45) is 11.7 Å². The molecule has 0 fully saturated rings. The lowest BCUT2D eigenvalue weighted by Gasteiger charge is -2.15. The second-order valence-corrected chi connectivity index (χ2v) is 7.02. The van der Waals surface area contributed by atoms with Crippen LogP contribution in [0.5, 0.6) is 0 Å². The van der Waals surface area contributed by atoms with Crippen molar-refractivity contribution in [3.05, 3.63) is 34.6 Å². The van der Waals surface area contributed by atoms with E-state index in [0.717, 1.165) is 6.42 Å². The molecule has 2 aromatic rings. The first-order valence-corrected chi connectivity index (χ1v) is 8.23. The van der Waals surface area contributed by atoms with Gasteiger partial charge in [0.25, 0.3) is 5.56 Å². The molecule has 1 atom stereocenters. The highest BCUT2D eigenvalue weighted by Gasteiger charge is 2.17. The molecular weight excluding hydrogens is 298 g/mol. The Morgan fingerprint density at radius 2 is 2.00 bits per heavy atom. The number of hydrogen-bond acceptors (Lipinski definition) is 4. The monoisotopic (exact) mass is 319 g/mol. The van der Waals surface area contributed by atoms with Crippen LogP contribution < -0.4 is 11.3 Å². The van der Waals surface area contributed by atoms with E-state index in [1.165, 1.54) is 11.8 Å². The smallest absolute Gasteiger partial charge is 0.262 e. The summed E-state index contributed by atoms with van der Waals surface area (Å²) in [6, 6.07) is 7.27. The molecule has 0 unspecified atom stereocenters. The van der Waals surface area contributed by atoms with Crippen molar-refractivity contribution in [1.29, 1.82) is 0 Å². The molecule has 1 heterocycles. The van der Waals surface area contributed by atoms with Gasteiger partial charge in [-0.2, -0.15) is 0 Å². The fraction of sp³-hybridized carbons (Fsp3) is 0.438. The van der Waals surface area contributed by atoms with Gasteiger partial charge < -0.3 is 5.73 Å². The minimum Gasteiger partial charge on any atom is -0.369 e. The average molecular weight is 319 g/mol. The summed E-state index contributed by atoms with van der Waals surface area (Å²) in [5, 5.41) is 0.719. The molecule has 2 rings (SSSR count). The topological polar surface area (TPSA) is 78.0 Å². The number of thioether (sulfide) groups is 1. The van der Waals surface area contributed by atoms with E-state index in [-0.39, 0.29) is 5.56 Å². The maximum absolute atomic E-state index is 12.7. The van der Waals surface area contributed by atoms with Crippen LogP contribution in [0.4, 0.5) is 0 Å². The van der Waals surface area contributed by atoms with Crippen molar-refractivity contribution in [1.82, 2.24) is 9.55 Å². The molecular formula is C16H21N3O2S. The van der Waals surface area contributed by atoms with Gasteiger partial charge in [-0.05, 0) is 31.4 Å². The Kier molecular flexibility index (Phi) is 5.24. The first-order chi connectivity index (χ1) is 10.4. The molecule has 5 nitrogen and oxygen atoms in total. The van der Waals surface area contributed by atoms with Crippen molar-refractivity contribution in [2.45, 2.75) is 44.1 Å². The van der Waals surface area contributed by atoms with Crippen LogP contribution in [0.2, 0.25) is 0 Å². The van der Waals surface area contributed by atoms with Crippen LogP contribution in [0.25, 0.3) is 10.9 Å². The summed E-state index contributed by atoms with van der Waals surface area (Å²) in [7, 11) is 0. The molecule has 0 bridgehead atoms. The number of para-hydroxylation sites is 1. The van der Waals surface area contributed by atoms with Crippen molar-refractivity contribution in [3.63, 3.8) is 0 Å². The number of nitrogens with two attached hydrogens (primary N) is 1. The molecule has 0 saturated carbocycles. The normalized spacial score (nSPS) is 12.7. The standard InChI is InChI=1S/C16H21N3O2S/c1-10(2)8-9-19-15(21)12-6-4-5-7-13(12)18-16(19)22-11(3)14(17)20/h4-7,10-11H,8-9H2,1-3H3,(H2,17,20)/t11-/m0/s1. The number of primary amides is 1. The van der Waals surface area contributed by atoms with Crippen molar-refractivity contribution < 1.29 is 4.79 Å². The van der Waals surface area contributed by atoms with Gasteiger partial charge in [-0.1, -0.05) is 37.7 Å². The predicted octanol–water partition coefficient (Wildman–Crippen LogP) is 2.41. The van der Waals surface area contributed by atoms with Crippen LogP contribution in [-0.4, -0.2) is 20.7 Å². The zero-order valence-corrected chi connectivity index (χ0v) is 13.9. The van der Waals surface area contributed by atoms with Crippen LogP contribution in [0, 0.1) is 5.92 Å². The Morgan fingerprint density at radius 1 is 1.32 bits per heavy atom. The summed E-state index contributed by atoms with van der Waals surface area (Å²) in [6.45, 7) is 6.53. The van der Waals surface area contributed by atoms with Gasteiger partial charge in [0.1, 0.15) is 0 Å². The molecule has 0 aliphatic carbocycles. The van der Waals surface area contributed by atoms with Gasteiger partial charge >= 0.3 is 0 Å². The SMILES string of the molecule is CC(C)CCn1c(S[C@@H](C)C(N)=O)nc2ccccc2c1=O. The molecule has 0 radical (unpaired) electrons. The average Bonchev–Trinajstić information content (AvgIpc) is 2.46. The number of fused-ring (bicyclic) bond motifs is 1. The van der Waals surface area contributed by atoms with E-state index in [1.807, 2.05) is 18.2 Å². The number of carbonyl (C=O) groups excluding carboxylic acids is 1. The minimum absolute atomic E-state index is 0.0644. The van der Waals surface area contributed by atoms with Crippen LogP contribution in [-0.2, 0) is 11.3 Å². The van der Waals surface area contributed by atoms with E-state index >= 15 is 0 Å². The molecule has 0 saturated heterocycles. The number of carbonyl (C=O) groups is 1. The Balaban J connectivity index is 2.52. The van der Waals surface area contributed by atoms with Crippen LogP contribution in [0.15, 0.2) is 34.2 Å². The number of benzene rings is 1. The summed E-state index contributed by atoms with van der Waals surface area (Å²) in [5.41, 5.74) is 5.91. The zero-order valence-electron chi connectivity index (χ0n) is 13.1. The predicted molar refractivity (Wildman–Crippen MR) is 90.0 cm³/mol. The number of nitrogens with zero attached hydrogens (tertiary/aromatic N) is 2.